The van der Waals surface area contributed by atoms with Crippen molar-refractivity contribution in [3.05, 3.63) is 209 Å². The molecule has 2 aromatic heterocycles. The Hall–Kier alpha value is -7.36. The zero-order chi connectivity index (χ0) is 47.5. The van der Waals surface area contributed by atoms with Crippen LogP contribution in [0.2, 0.25) is 0 Å². The zero-order valence-corrected chi connectivity index (χ0v) is 41.6. The lowest BCUT2D eigenvalue weighted by Crippen LogP contribution is -2.10. The summed E-state index contributed by atoms with van der Waals surface area (Å²) in [5.74, 6) is 0. The fourth-order valence-corrected chi connectivity index (χ4v) is 9.55. The zero-order valence-electron chi connectivity index (χ0n) is 41.6. The van der Waals surface area contributed by atoms with E-state index in [9.17, 15) is 0 Å². The number of hydrogen-bond donors (Lipinski definition) is 0. The van der Waals surface area contributed by atoms with E-state index in [2.05, 4.69) is 220 Å². The van der Waals surface area contributed by atoms with Crippen molar-refractivity contribution in [2.45, 2.75) is 83.1 Å². The monoisotopic (exact) mass is 876 g/mol. The highest BCUT2D eigenvalue weighted by atomic mass is 15.1. The van der Waals surface area contributed by atoms with Crippen LogP contribution in [0, 0.1) is 41.5 Å². The molecule has 0 saturated heterocycles. The van der Waals surface area contributed by atoms with Crippen LogP contribution < -0.4 is 9.80 Å². The molecule has 9 aromatic carbocycles. The molecule has 0 aliphatic rings. The number of hydrogen-bond acceptors (Lipinski definition) is 2. The van der Waals surface area contributed by atoms with Gasteiger partial charge in [0.15, 0.2) is 0 Å². The van der Waals surface area contributed by atoms with Crippen molar-refractivity contribution >= 4 is 93.8 Å². The minimum Gasteiger partial charge on any atom is -0.310 e. The average molecular weight is 876 g/mol. The van der Waals surface area contributed by atoms with Crippen molar-refractivity contribution < 1.29 is 0 Å². The van der Waals surface area contributed by atoms with Crippen molar-refractivity contribution in [3.63, 3.8) is 0 Å². The molecule has 0 spiro atoms. The first kappa shape index (κ1) is 46.2. The number of aryl methyl sites for hydroxylation is 4. The minimum atomic E-state index is 1.14. The number of fused-ring (bicyclic) bond motifs is 8. The molecule has 336 valence electrons. The highest BCUT2D eigenvalue weighted by Gasteiger charge is 2.21. The summed E-state index contributed by atoms with van der Waals surface area (Å²) in [6.07, 6.45) is 4.00. The Labute approximate surface area is 398 Å². The fraction of sp³-hybridized carbons (Fsp3) is 0.188. The van der Waals surface area contributed by atoms with Gasteiger partial charge in [-0.1, -0.05) is 107 Å². The number of anilines is 6. The Morgan fingerprint density at radius 3 is 1.06 bits per heavy atom. The number of allylic oxidation sites excluding steroid dienone is 2. The normalized spacial score (nSPS) is 11.2. The van der Waals surface area contributed by atoms with E-state index < -0.39 is 0 Å². The van der Waals surface area contributed by atoms with Gasteiger partial charge in [-0.15, -0.1) is 0 Å². The molecule has 67 heavy (non-hydrogen) atoms. The van der Waals surface area contributed by atoms with E-state index in [1.54, 1.807) is 0 Å². The standard InChI is InChI=1S/C56H45N3.C4H8.2C2H6/c1-34-24-48(25-35(2)38(34)5)57(44-14-9-7-10-15-44)46-22-20-40-30-52-50-18-13-19-51-53-31-41-21-23-47(29-43(41)33-55(53)59(56(50)51)54(52)32-42(40)28-46)58(45-16-11-8-12-17-45)49-26-36(3)39(6)37(4)27-49;1-3-4-2;2*1-2/h7-33H,1-6H3;3-4H,1-2H3;2*1-2H3/b;4-3-;;. The van der Waals surface area contributed by atoms with Crippen molar-refractivity contribution in [2.24, 2.45) is 0 Å². The van der Waals surface area contributed by atoms with Crippen LogP contribution in [0.4, 0.5) is 34.1 Å². The lowest BCUT2D eigenvalue weighted by molar-refractivity contribution is 1.22. The predicted octanol–water partition coefficient (Wildman–Crippen LogP) is 19.6. The average Bonchev–Trinajstić information content (AvgIpc) is 3.86. The van der Waals surface area contributed by atoms with Crippen molar-refractivity contribution in [3.8, 4) is 0 Å². The topological polar surface area (TPSA) is 10.9 Å². The summed E-state index contributed by atoms with van der Waals surface area (Å²) < 4.78 is 2.52. The number of para-hydroxylation sites is 3. The molecule has 0 atom stereocenters. The van der Waals surface area contributed by atoms with E-state index in [1.807, 2.05) is 53.7 Å². The Balaban J connectivity index is 0.000000716. The maximum atomic E-state index is 2.52. The molecule has 0 saturated carbocycles. The molecule has 2 heterocycles. The van der Waals surface area contributed by atoms with Gasteiger partial charge in [-0.05, 0) is 207 Å². The molecule has 0 N–H and O–H groups in total. The third-order valence-electron chi connectivity index (χ3n) is 13.4. The molecular formula is C64H65N3. The second-order valence-corrected chi connectivity index (χ2v) is 17.3. The lowest BCUT2D eigenvalue weighted by Gasteiger charge is -2.27. The molecule has 0 aliphatic carbocycles. The summed E-state index contributed by atoms with van der Waals surface area (Å²) in [4.78, 5) is 4.79. The smallest absolute Gasteiger partial charge is 0.0620 e. The molecule has 3 heteroatoms. The van der Waals surface area contributed by atoms with E-state index in [0.29, 0.717) is 0 Å². The van der Waals surface area contributed by atoms with Crippen molar-refractivity contribution in [1.82, 2.24) is 4.40 Å². The minimum absolute atomic E-state index is 1.14. The van der Waals surface area contributed by atoms with Gasteiger partial charge >= 0.3 is 0 Å². The highest BCUT2D eigenvalue weighted by molar-refractivity contribution is 6.26. The summed E-state index contributed by atoms with van der Waals surface area (Å²) in [6.45, 7) is 25.3. The van der Waals surface area contributed by atoms with Gasteiger partial charge in [0.2, 0.25) is 0 Å². The van der Waals surface area contributed by atoms with Crippen LogP contribution in [0.1, 0.15) is 74.9 Å². The third kappa shape index (κ3) is 8.40. The van der Waals surface area contributed by atoms with Crippen LogP contribution in [0.3, 0.4) is 0 Å². The molecule has 0 aliphatic heterocycles. The first-order valence-corrected chi connectivity index (χ1v) is 24.2. The second-order valence-electron chi connectivity index (χ2n) is 17.3. The summed E-state index contributed by atoms with van der Waals surface area (Å²) in [5, 5.41) is 10.1. The quantitative estimate of drug-likeness (QED) is 0.154. The van der Waals surface area contributed by atoms with Gasteiger partial charge in [0.1, 0.15) is 0 Å². The SMILES string of the molecule is C/C=C\C.CC.CC.Cc1cc(N(c2ccccc2)c2ccc3cc4c5cccc6c7cc8ccc(N(c9ccccc9)c9cc(C)c(C)c(C)c9)cc8cc7n(c4cc3c2)c56)cc(C)c1C. The van der Waals surface area contributed by atoms with Crippen LogP contribution >= 0.6 is 0 Å². The predicted molar refractivity (Wildman–Crippen MR) is 297 cm³/mol. The molecule has 0 fully saturated rings. The van der Waals surface area contributed by atoms with E-state index in [-0.39, 0.29) is 0 Å². The number of aromatic nitrogens is 1. The first-order chi connectivity index (χ1) is 32.6. The molecule has 11 aromatic rings. The van der Waals surface area contributed by atoms with Crippen molar-refractivity contribution in [1.29, 1.82) is 0 Å². The van der Waals surface area contributed by atoms with Gasteiger partial charge in [0, 0.05) is 55.7 Å². The van der Waals surface area contributed by atoms with Crippen LogP contribution in [-0.2, 0) is 0 Å². The molecule has 0 amide bonds. The second kappa shape index (κ2) is 19.6. The Bertz CT molecular complexity index is 3260. The summed E-state index contributed by atoms with van der Waals surface area (Å²) in [6, 6.07) is 61.1. The summed E-state index contributed by atoms with van der Waals surface area (Å²) in [5.41, 5.74) is 18.6. The fourth-order valence-electron chi connectivity index (χ4n) is 9.55. The largest absolute Gasteiger partial charge is 0.310 e. The Kier molecular flexibility index (Phi) is 13.5. The molecular weight excluding hydrogens is 811 g/mol. The van der Waals surface area contributed by atoms with Gasteiger partial charge in [0.05, 0.1) is 16.6 Å². The summed E-state index contributed by atoms with van der Waals surface area (Å²) >= 11 is 0. The number of benzene rings is 9. The molecule has 0 bridgehead atoms. The van der Waals surface area contributed by atoms with Crippen LogP contribution in [0.5, 0.6) is 0 Å². The van der Waals surface area contributed by atoms with Crippen LogP contribution in [-0.4, -0.2) is 4.40 Å². The van der Waals surface area contributed by atoms with Gasteiger partial charge in [-0.3, -0.25) is 0 Å². The maximum absolute atomic E-state index is 2.52. The van der Waals surface area contributed by atoms with E-state index >= 15 is 0 Å². The Morgan fingerprint density at radius 2 is 0.701 bits per heavy atom. The van der Waals surface area contributed by atoms with E-state index in [4.69, 9.17) is 0 Å². The van der Waals surface area contributed by atoms with Crippen LogP contribution in [0.25, 0.3) is 59.6 Å². The number of nitrogens with zero attached hydrogens (tertiary/aromatic N) is 3. The summed E-state index contributed by atoms with van der Waals surface area (Å²) in [7, 11) is 0. The van der Waals surface area contributed by atoms with Crippen molar-refractivity contribution in [2.75, 3.05) is 9.80 Å². The molecule has 11 rings (SSSR count). The Morgan fingerprint density at radius 1 is 0.328 bits per heavy atom. The first-order valence-electron chi connectivity index (χ1n) is 24.2. The molecule has 3 nitrogen and oxygen atoms in total. The van der Waals surface area contributed by atoms with Gasteiger partial charge in [-0.2, -0.15) is 0 Å². The third-order valence-corrected chi connectivity index (χ3v) is 13.4. The molecule has 0 unspecified atom stereocenters. The van der Waals surface area contributed by atoms with Gasteiger partial charge in [0.25, 0.3) is 0 Å². The van der Waals surface area contributed by atoms with Gasteiger partial charge < -0.3 is 14.2 Å². The molecule has 0 radical (unpaired) electrons. The van der Waals surface area contributed by atoms with Gasteiger partial charge in [-0.25, -0.2) is 0 Å². The lowest BCUT2D eigenvalue weighted by atomic mass is 10.0. The number of rotatable bonds is 6. The van der Waals surface area contributed by atoms with Crippen LogP contribution in [0.15, 0.2) is 176 Å². The van der Waals surface area contributed by atoms with E-state index in [1.165, 1.54) is 104 Å². The van der Waals surface area contributed by atoms with E-state index in [0.717, 1.165) is 22.7 Å². The highest BCUT2D eigenvalue weighted by Crippen LogP contribution is 2.44. The maximum Gasteiger partial charge on any atom is 0.0620 e.